The van der Waals surface area contributed by atoms with E-state index in [1.165, 1.54) is 0 Å². The Kier molecular flexibility index (Phi) is 3.19. The Bertz CT molecular complexity index is 876. The highest BCUT2D eigenvalue weighted by atomic mass is 32.2. The van der Waals surface area contributed by atoms with E-state index in [9.17, 15) is 0 Å². The van der Waals surface area contributed by atoms with Gasteiger partial charge in [-0.25, -0.2) is 4.98 Å². The molecule has 0 amide bonds. The van der Waals surface area contributed by atoms with Gasteiger partial charge in [0.25, 0.3) is 0 Å². The number of imidazole rings is 1. The van der Waals surface area contributed by atoms with Crippen LogP contribution in [-0.4, -0.2) is 24.1 Å². The van der Waals surface area contributed by atoms with E-state index in [1.807, 2.05) is 58.7 Å². The zero-order valence-corrected chi connectivity index (χ0v) is 12.7. The number of fused-ring (bicyclic) bond motifs is 1. The minimum Gasteiger partial charge on any atom is -0.461 e. The molecule has 0 saturated carbocycles. The normalized spacial score (nSPS) is 11.3. The molecule has 0 N–H and O–H groups in total. The highest BCUT2D eigenvalue weighted by Gasteiger charge is 2.13. The lowest BCUT2D eigenvalue weighted by atomic mass is 10.4. The summed E-state index contributed by atoms with van der Waals surface area (Å²) < 4.78 is 9.31. The van der Waals surface area contributed by atoms with Gasteiger partial charge in [0.2, 0.25) is 0 Å². The monoisotopic (exact) mass is 311 g/mol. The van der Waals surface area contributed by atoms with Crippen molar-refractivity contribution in [3.63, 3.8) is 0 Å². The number of thioether (sulfide) groups is 1. The van der Waals surface area contributed by atoms with Gasteiger partial charge in [-0.05, 0) is 24.3 Å². The average molecular weight is 311 g/mol. The maximum absolute atomic E-state index is 5.37. The third kappa shape index (κ3) is 2.29. The van der Waals surface area contributed by atoms with Crippen LogP contribution in [-0.2, 0) is 12.8 Å². The molecule has 4 aromatic heterocycles. The number of rotatable bonds is 4. The fourth-order valence-corrected chi connectivity index (χ4v) is 3.05. The third-order valence-corrected chi connectivity index (χ3v) is 4.39. The van der Waals surface area contributed by atoms with Gasteiger partial charge in [0, 0.05) is 25.2 Å². The Morgan fingerprint density at radius 2 is 2.14 bits per heavy atom. The van der Waals surface area contributed by atoms with Crippen LogP contribution in [0.15, 0.2) is 58.6 Å². The van der Waals surface area contributed by atoms with Crippen LogP contribution in [0.2, 0.25) is 0 Å². The van der Waals surface area contributed by atoms with Crippen molar-refractivity contribution >= 4 is 17.4 Å². The molecule has 22 heavy (non-hydrogen) atoms. The predicted molar refractivity (Wildman–Crippen MR) is 83.5 cm³/mol. The van der Waals surface area contributed by atoms with Gasteiger partial charge in [-0.2, -0.15) is 0 Å². The summed E-state index contributed by atoms with van der Waals surface area (Å²) in [6, 6.07) is 9.68. The van der Waals surface area contributed by atoms with Crippen molar-refractivity contribution in [3.8, 4) is 11.6 Å². The maximum atomic E-state index is 5.37. The van der Waals surface area contributed by atoms with E-state index in [1.54, 1.807) is 18.0 Å². The molecule has 4 rings (SSSR count). The van der Waals surface area contributed by atoms with Crippen molar-refractivity contribution < 1.29 is 4.42 Å². The Morgan fingerprint density at radius 3 is 2.95 bits per heavy atom. The van der Waals surface area contributed by atoms with Gasteiger partial charge in [0.15, 0.2) is 16.7 Å². The van der Waals surface area contributed by atoms with E-state index in [-0.39, 0.29) is 0 Å². The number of hydrogen-bond acceptors (Lipinski definition) is 5. The number of nitrogens with zero attached hydrogens (tertiary/aromatic N) is 5. The molecule has 0 aliphatic rings. The Balaban J connectivity index is 1.54. The molecule has 4 aromatic rings. The second kappa shape index (κ2) is 5.34. The molecule has 0 bridgehead atoms. The van der Waals surface area contributed by atoms with Gasteiger partial charge in [-0.15, -0.1) is 10.2 Å². The van der Waals surface area contributed by atoms with Crippen LogP contribution in [0.1, 0.15) is 5.69 Å². The largest absolute Gasteiger partial charge is 0.461 e. The SMILES string of the molecule is Cn1c(SCc2cn3ccccc3n2)nnc1-c1ccco1. The van der Waals surface area contributed by atoms with Crippen LogP contribution in [0, 0.1) is 0 Å². The molecule has 0 aliphatic heterocycles. The summed E-state index contributed by atoms with van der Waals surface area (Å²) in [5.41, 5.74) is 1.96. The summed E-state index contributed by atoms with van der Waals surface area (Å²) in [5.74, 6) is 2.18. The summed E-state index contributed by atoms with van der Waals surface area (Å²) >= 11 is 1.61. The molecule has 0 spiro atoms. The molecular formula is C15H13N5OS. The maximum Gasteiger partial charge on any atom is 0.200 e. The first kappa shape index (κ1) is 13.1. The summed E-state index contributed by atoms with van der Waals surface area (Å²) in [7, 11) is 1.93. The summed E-state index contributed by atoms with van der Waals surface area (Å²) in [6.45, 7) is 0. The Hall–Kier alpha value is -2.54. The number of furan rings is 1. The smallest absolute Gasteiger partial charge is 0.200 e. The quantitative estimate of drug-likeness (QED) is 0.542. The first-order valence-electron chi connectivity index (χ1n) is 6.80. The molecule has 0 radical (unpaired) electrons. The lowest BCUT2D eigenvalue weighted by Gasteiger charge is -2.00. The van der Waals surface area contributed by atoms with E-state index in [0.29, 0.717) is 0 Å². The molecule has 0 aliphatic carbocycles. The van der Waals surface area contributed by atoms with E-state index in [2.05, 4.69) is 15.2 Å². The molecule has 6 nitrogen and oxygen atoms in total. The number of hydrogen-bond donors (Lipinski definition) is 0. The lowest BCUT2D eigenvalue weighted by Crippen LogP contribution is -1.94. The van der Waals surface area contributed by atoms with Crippen molar-refractivity contribution in [2.24, 2.45) is 7.05 Å². The van der Waals surface area contributed by atoms with Gasteiger partial charge >= 0.3 is 0 Å². The van der Waals surface area contributed by atoms with Crippen molar-refractivity contribution in [2.45, 2.75) is 10.9 Å². The number of pyridine rings is 1. The first-order valence-corrected chi connectivity index (χ1v) is 7.78. The summed E-state index contributed by atoms with van der Waals surface area (Å²) in [6.07, 6.45) is 5.66. The topological polar surface area (TPSA) is 61.2 Å². The predicted octanol–water partition coefficient (Wildman–Crippen LogP) is 3.02. The molecule has 110 valence electrons. The van der Waals surface area contributed by atoms with Gasteiger partial charge in [-0.3, -0.25) is 0 Å². The van der Waals surface area contributed by atoms with Gasteiger partial charge < -0.3 is 13.4 Å². The Morgan fingerprint density at radius 1 is 1.18 bits per heavy atom. The van der Waals surface area contributed by atoms with E-state index in [0.717, 1.165) is 33.8 Å². The average Bonchev–Trinajstić information content (AvgIpc) is 3.24. The summed E-state index contributed by atoms with van der Waals surface area (Å²) in [5, 5.41) is 9.24. The molecular weight excluding hydrogens is 298 g/mol. The fraction of sp³-hybridized carbons (Fsp3) is 0.133. The van der Waals surface area contributed by atoms with Crippen molar-refractivity contribution in [1.82, 2.24) is 24.1 Å². The van der Waals surface area contributed by atoms with Crippen LogP contribution >= 0.6 is 11.8 Å². The lowest BCUT2D eigenvalue weighted by molar-refractivity contribution is 0.572. The van der Waals surface area contributed by atoms with E-state index >= 15 is 0 Å². The van der Waals surface area contributed by atoms with Gasteiger partial charge in [0.05, 0.1) is 12.0 Å². The standard InChI is InChI=1S/C15H13N5OS/c1-19-14(12-5-4-8-21-12)17-18-15(19)22-10-11-9-20-7-3-2-6-13(20)16-11/h2-9H,10H2,1H3. The van der Waals surface area contributed by atoms with Crippen LogP contribution in [0.25, 0.3) is 17.2 Å². The molecule has 0 saturated heterocycles. The van der Waals surface area contributed by atoms with Crippen LogP contribution in [0.4, 0.5) is 0 Å². The second-order valence-electron chi connectivity index (χ2n) is 4.83. The molecule has 0 fully saturated rings. The van der Waals surface area contributed by atoms with Crippen molar-refractivity contribution in [2.75, 3.05) is 0 Å². The third-order valence-electron chi connectivity index (χ3n) is 3.34. The van der Waals surface area contributed by atoms with Crippen molar-refractivity contribution in [1.29, 1.82) is 0 Å². The molecule has 7 heteroatoms. The minimum atomic E-state index is 0.717. The zero-order chi connectivity index (χ0) is 14.9. The first-order chi connectivity index (χ1) is 10.8. The molecule has 0 unspecified atom stereocenters. The second-order valence-corrected chi connectivity index (χ2v) is 5.77. The van der Waals surface area contributed by atoms with Gasteiger partial charge in [-0.1, -0.05) is 17.8 Å². The Labute approximate surface area is 130 Å². The van der Waals surface area contributed by atoms with E-state index < -0.39 is 0 Å². The molecule has 4 heterocycles. The van der Waals surface area contributed by atoms with Crippen LogP contribution in [0.3, 0.4) is 0 Å². The fourth-order valence-electron chi connectivity index (χ4n) is 2.26. The molecule has 0 atom stereocenters. The van der Waals surface area contributed by atoms with Crippen LogP contribution in [0.5, 0.6) is 0 Å². The van der Waals surface area contributed by atoms with Crippen LogP contribution < -0.4 is 0 Å². The van der Waals surface area contributed by atoms with Gasteiger partial charge in [0.1, 0.15) is 5.65 Å². The van der Waals surface area contributed by atoms with E-state index in [4.69, 9.17) is 4.42 Å². The zero-order valence-electron chi connectivity index (χ0n) is 11.9. The highest BCUT2D eigenvalue weighted by Crippen LogP contribution is 2.25. The van der Waals surface area contributed by atoms with Crippen molar-refractivity contribution in [3.05, 3.63) is 54.7 Å². The summed E-state index contributed by atoms with van der Waals surface area (Å²) in [4.78, 5) is 4.58. The minimum absolute atomic E-state index is 0.717. The number of aromatic nitrogens is 5. The molecule has 0 aromatic carbocycles. The highest BCUT2D eigenvalue weighted by molar-refractivity contribution is 7.98.